The second-order valence-corrected chi connectivity index (χ2v) is 7.75. The van der Waals surface area contributed by atoms with Crippen LogP contribution in [0.4, 0.5) is 0 Å². The molecule has 2 aliphatic rings. The normalized spacial score (nSPS) is 25.6. The van der Waals surface area contributed by atoms with Crippen LogP contribution in [0.1, 0.15) is 34.7 Å². The predicted octanol–water partition coefficient (Wildman–Crippen LogP) is 4.36. The van der Waals surface area contributed by atoms with E-state index in [1.54, 1.807) is 0 Å². The molecule has 28 heavy (non-hydrogen) atoms. The first-order valence-electron chi connectivity index (χ1n) is 9.90. The summed E-state index contributed by atoms with van der Waals surface area (Å²) in [5, 5.41) is 12.1. The Morgan fingerprint density at radius 1 is 0.750 bits per heavy atom. The molecule has 1 heterocycles. The van der Waals surface area contributed by atoms with Crippen LogP contribution >= 0.6 is 0 Å². The number of ether oxygens (including phenoxy) is 2. The number of hydrogen-bond acceptors (Lipinski definition) is 3. The van der Waals surface area contributed by atoms with Gasteiger partial charge in [-0.25, -0.2) is 0 Å². The molecule has 2 unspecified atom stereocenters. The number of benzene rings is 3. The van der Waals surface area contributed by atoms with Gasteiger partial charge in [0.05, 0.1) is 13.2 Å². The van der Waals surface area contributed by atoms with Gasteiger partial charge in [0.1, 0.15) is 5.60 Å². The van der Waals surface area contributed by atoms with E-state index in [-0.39, 0.29) is 5.92 Å². The van der Waals surface area contributed by atoms with E-state index in [1.807, 2.05) is 72.8 Å². The first-order valence-corrected chi connectivity index (χ1v) is 9.90. The van der Waals surface area contributed by atoms with Crippen molar-refractivity contribution in [2.45, 2.75) is 24.7 Å². The van der Waals surface area contributed by atoms with Gasteiger partial charge < -0.3 is 14.6 Å². The zero-order chi connectivity index (χ0) is 19.2. The highest BCUT2D eigenvalue weighted by molar-refractivity contribution is 5.52. The molecule has 0 aromatic heterocycles. The van der Waals surface area contributed by atoms with Crippen molar-refractivity contribution in [3.63, 3.8) is 0 Å². The van der Waals surface area contributed by atoms with Crippen LogP contribution in [-0.2, 0) is 27.3 Å². The van der Waals surface area contributed by atoms with Gasteiger partial charge in [-0.3, -0.25) is 0 Å². The van der Waals surface area contributed by atoms with Gasteiger partial charge in [0.2, 0.25) is 5.79 Å². The Kier molecular flexibility index (Phi) is 4.13. The number of rotatable bonds is 3. The summed E-state index contributed by atoms with van der Waals surface area (Å²) in [5.74, 6) is -0.939. The summed E-state index contributed by atoms with van der Waals surface area (Å²) < 4.78 is 12.5. The van der Waals surface area contributed by atoms with Crippen molar-refractivity contribution in [3.05, 3.63) is 107 Å². The van der Waals surface area contributed by atoms with Gasteiger partial charge in [0.15, 0.2) is 0 Å². The Labute approximate surface area is 165 Å². The van der Waals surface area contributed by atoms with Crippen LogP contribution in [0, 0.1) is 5.92 Å². The van der Waals surface area contributed by atoms with Crippen LogP contribution in [0.3, 0.4) is 0 Å². The molecule has 1 fully saturated rings. The molecule has 0 bridgehead atoms. The Morgan fingerprint density at radius 2 is 1.32 bits per heavy atom. The molecule has 1 aliphatic heterocycles. The molecule has 2 atom stereocenters. The van der Waals surface area contributed by atoms with E-state index in [0.29, 0.717) is 13.2 Å². The van der Waals surface area contributed by atoms with Crippen LogP contribution in [-0.4, -0.2) is 18.3 Å². The molecule has 0 saturated carbocycles. The van der Waals surface area contributed by atoms with Crippen LogP contribution in [0.15, 0.2) is 78.9 Å². The second-order valence-electron chi connectivity index (χ2n) is 7.75. The number of fused-ring (bicyclic) bond motifs is 1. The van der Waals surface area contributed by atoms with E-state index in [1.165, 1.54) is 5.56 Å². The predicted molar refractivity (Wildman–Crippen MR) is 108 cm³/mol. The number of hydrogen-bond donors (Lipinski definition) is 1. The summed E-state index contributed by atoms with van der Waals surface area (Å²) in [6, 6.07) is 26.2. The first-order chi connectivity index (χ1) is 13.7. The molecule has 3 aromatic carbocycles. The molecule has 1 N–H and O–H groups in total. The third-order valence-electron chi connectivity index (χ3n) is 6.21. The minimum Gasteiger partial charge on any atom is -0.380 e. The lowest BCUT2D eigenvalue weighted by molar-refractivity contribution is -0.132. The van der Waals surface area contributed by atoms with Crippen LogP contribution in [0.25, 0.3) is 0 Å². The molecule has 1 aliphatic carbocycles. The maximum Gasteiger partial charge on any atom is 0.222 e. The first kappa shape index (κ1) is 17.6. The summed E-state index contributed by atoms with van der Waals surface area (Å²) in [6.45, 7) is 3.16. The average molecular weight is 372 g/mol. The molecule has 3 heteroatoms. The minimum absolute atomic E-state index is 0.0558. The molecule has 142 valence electrons. The maximum absolute atomic E-state index is 12.1. The van der Waals surface area contributed by atoms with E-state index in [4.69, 9.17) is 9.47 Å². The van der Waals surface area contributed by atoms with Gasteiger partial charge in [-0.05, 0) is 29.0 Å². The zero-order valence-corrected chi connectivity index (χ0v) is 16.0. The van der Waals surface area contributed by atoms with E-state index in [2.05, 4.69) is 13.0 Å². The Hall–Kier alpha value is -2.46. The average Bonchev–Trinajstić information content (AvgIpc) is 3.34. The summed E-state index contributed by atoms with van der Waals surface area (Å²) in [7, 11) is 0. The van der Waals surface area contributed by atoms with Crippen LogP contribution in [0.5, 0.6) is 0 Å². The number of aliphatic hydroxyl groups is 1. The summed E-state index contributed by atoms with van der Waals surface area (Å²) in [4.78, 5) is 0. The molecule has 3 aromatic rings. The van der Waals surface area contributed by atoms with Crippen molar-refractivity contribution in [1.29, 1.82) is 0 Å². The van der Waals surface area contributed by atoms with E-state index in [9.17, 15) is 5.11 Å². The molecule has 3 nitrogen and oxygen atoms in total. The van der Waals surface area contributed by atoms with Crippen LogP contribution < -0.4 is 0 Å². The Balaban J connectivity index is 1.75. The van der Waals surface area contributed by atoms with Crippen molar-refractivity contribution in [3.8, 4) is 0 Å². The molecular weight excluding hydrogens is 348 g/mol. The highest BCUT2D eigenvalue weighted by atomic mass is 16.7. The van der Waals surface area contributed by atoms with E-state index in [0.717, 1.165) is 28.7 Å². The molecule has 0 spiro atoms. The van der Waals surface area contributed by atoms with Gasteiger partial charge >= 0.3 is 0 Å². The van der Waals surface area contributed by atoms with Gasteiger partial charge in [-0.2, -0.15) is 0 Å². The highest BCUT2D eigenvalue weighted by Gasteiger charge is 2.50. The van der Waals surface area contributed by atoms with Crippen molar-refractivity contribution < 1.29 is 14.6 Å². The van der Waals surface area contributed by atoms with Crippen molar-refractivity contribution in [2.75, 3.05) is 13.2 Å². The van der Waals surface area contributed by atoms with E-state index < -0.39 is 11.4 Å². The fourth-order valence-corrected chi connectivity index (χ4v) is 4.87. The van der Waals surface area contributed by atoms with E-state index >= 15 is 0 Å². The topological polar surface area (TPSA) is 38.7 Å². The third kappa shape index (κ3) is 2.40. The smallest absolute Gasteiger partial charge is 0.222 e. The lowest BCUT2D eigenvalue weighted by Crippen LogP contribution is -2.37. The Bertz CT molecular complexity index is 970. The molecular formula is C25H24O3. The largest absolute Gasteiger partial charge is 0.380 e. The lowest BCUT2D eigenvalue weighted by Gasteiger charge is -2.37. The third-order valence-corrected chi connectivity index (χ3v) is 6.21. The van der Waals surface area contributed by atoms with Crippen molar-refractivity contribution in [1.82, 2.24) is 0 Å². The quantitative estimate of drug-likeness (QED) is 0.742. The van der Waals surface area contributed by atoms with Crippen molar-refractivity contribution in [2.24, 2.45) is 5.92 Å². The summed E-state index contributed by atoms with van der Waals surface area (Å²) in [6.07, 6.45) is 0.848. The monoisotopic (exact) mass is 372 g/mol. The summed E-state index contributed by atoms with van der Waals surface area (Å²) in [5.41, 5.74) is 3.79. The minimum atomic E-state index is -1.08. The van der Waals surface area contributed by atoms with Gasteiger partial charge in [0.25, 0.3) is 0 Å². The van der Waals surface area contributed by atoms with Gasteiger partial charge in [0, 0.05) is 11.1 Å². The highest BCUT2D eigenvalue weighted by Crippen LogP contribution is 2.50. The molecule has 0 radical (unpaired) electrons. The summed E-state index contributed by atoms with van der Waals surface area (Å²) >= 11 is 0. The fourth-order valence-electron chi connectivity index (χ4n) is 4.87. The van der Waals surface area contributed by atoms with Gasteiger partial charge in [-0.1, -0.05) is 85.8 Å². The molecule has 5 rings (SSSR count). The zero-order valence-electron chi connectivity index (χ0n) is 16.0. The fraction of sp³-hybridized carbons (Fsp3) is 0.280. The van der Waals surface area contributed by atoms with Crippen molar-refractivity contribution >= 4 is 0 Å². The maximum atomic E-state index is 12.1. The Morgan fingerprint density at radius 3 is 2.04 bits per heavy atom. The van der Waals surface area contributed by atoms with Crippen LogP contribution in [0.2, 0.25) is 0 Å². The SMILES string of the molecule is CC1Cc2ccccc2C1(O)c1ccccc1C1(c2ccccc2)OCCO1. The second kappa shape index (κ2) is 6.56. The standard InChI is InChI=1S/C25H24O3/c1-18-17-19-9-5-6-12-21(19)24(18,26)22-13-7-8-14-23(22)25(27-15-16-28-25)20-10-3-2-4-11-20/h2-14,18,26H,15-17H2,1H3. The van der Waals surface area contributed by atoms with Gasteiger partial charge in [-0.15, -0.1) is 0 Å². The molecule has 0 amide bonds. The lowest BCUT2D eigenvalue weighted by atomic mass is 9.77. The molecule has 1 saturated heterocycles.